The van der Waals surface area contributed by atoms with Crippen molar-refractivity contribution in [3.05, 3.63) is 88.2 Å². The van der Waals surface area contributed by atoms with Crippen LogP contribution in [0.3, 0.4) is 0 Å². The van der Waals surface area contributed by atoms with Gasteiger partial charge in [0.2, 0.25) is 0 Å². The number of halogens is 1. The molecule has 6 nitrogen and oxygen atoms in total. The monoisotopic (exact) mass is 647 g/mol. The summed E-state index contributed by atoms with van der Waals surface area (Å²) in [6.45, 7) is 8.59. The van der Waals surface area contributed by atoms with Gasteiger partial charge in [-0.05, 0) is 116 Å². The lowest BCUT2D eigenvalue weighted by Crippen LogP contribution is -2.42. The van der Waals surface area contributed by atoms with Crippen LogP contribution in [0.5, 0.6) is 5.75 Å². The van der Waals surface area contributed by atoms with E-state index in [-0.39, 0.29) is 23.0 Å². The molecule has 1 saturated carbocycles. The quantitative estimate of drug-likeness (QED) is 0.310. The van der Waals surface area contributed by atoms with Gasteiger partial charge in [-0.25, -0.2) is 4.21 Å². The van der Waals surface area contributed by atoms with Gasteiger partial charge in [0, 0.05) is 42.0 Å². The highest BCUT2D eigenvalue weighted by Crippen LogP contribution is 2.48. The number of carbonyl (C=O) groups excluding carboxylic acids is 1. The van der Waals surface area contributed by atoms with Crippen LogP contribution in [0, 0.1) is 17.8 Å². The number of nitrogens with zero attached hydrogens (tertiary/aromatic N) is 2. The maximum Gasteiger partial charge on any atom is 0.263 e. The van der Waals surface area contributed by atoms with Gasteiger partial charge < -0.3 is 9.64 Å². The van der Waals surface area contributed by atoms with Crippen molar-refractivity contribution in [2.75, 3.05) is 24.6 Å². The van der Waals surface area contributed by atoms with Crippen molar-refractivity contribution in [3.63, 3.8) is 0 Å². The van der Waals surface area contributed by atoms with E-state index < -0.39 is 11.0 Å². The predicted octanol–water partition coefficient (Wildman–Crippen LogP) is 8.08. The molecule has 1 fully saturated rings. The smallest absolute Gasteiger partial charge is 0.263 e. The summed E-state index contributed by atoms with van der Waals surface area (Å²) in [6.07, 6.45) is 11.4. The van der Waals surface area contributed by atoms with Gasteiger partial charge in [0.25, 0.3) is 5.91 Å². The average Bonchev–Trinajstić information content (AvgIpc) is 3.21. The number of anilines is 1. The minimum absolute atomic E-state index is 0.145. The van der Waals surface area contributed by atoms with E-state index in [9.17, 15) is 9.00 Å². The van der Waals surface area contributed by atoms with E-state index in [4.69, 9.17) is 16.3 Å². The molecule has 2 aliphatic heterocycles. The molecular formula is C37H46ClN3O3S. The maximum absolute atomic E-state index is 13.4. The molecule has 240 valence electrons. The highest BCUT2D eigenvalue weighted by Gasteiger charge is 2.40. The number of hydrogen-bond donors (Lipinski definition) is 1. The fourth-order valence-electron chi connectivity index (χ4n) is 7.66. The molecule has 2 bridgehead atoms. The molecule has 1 aromatic heterocycles. The van der Waals surface area contributed by atoms with Crippen LogP contribution in [0.15, 0.2) is 60.9 Å². The minimum Gasteiger partial charge on any atom is -0.491 e. The zero-order chi connectivity index (χ0) is 31.5. The SMILES string of the molecule is CCCc1cc(Cl)ccc1C1COc2ccc3cc2N(C1)CC1CCC1C(c1cccnc1)CCCC(C)C(C)S(=O)NC3=O. The number of nitrogens with one attached hydrogen (secondary N) is 1. The van der Waals surface area contributed by atoms with Crippen molar-refractivity contribution in [2.24, 2.45) is 17.8 Å². The first-order chi connectivity index (χ1) is 21.8. The van der Waals surface area contributed by atoms with Crippen molar-refractivity contribution < 1.29 is 13.7 Å². The number of benzene rings is 2. The molecule has 45 heavy (non-hydrogen) atoms. The predicted molar refractivity (Wildman–Crippen MR) is 184 cm³/mol. The summed E-state index contributed by atoms with van der Waals surface area (Å²) >= 11 is 6.45. The molecule has 2 aromatic carbocycles. The molecule has 8 heteroatoms. The molecule has 0 spiro atoms. The molecule has 7 unspecified atom stereocenters. The second-order valence-corrected chi connectivity index (χ2v) is 15.4. The third kappa shape index (κ3) is 7.10. The summed E-state index contributed by atoms with van der Waals surface area (Å²) in [6, 6.07) is 16.3. The normalized spacial score (nSPS) is 29.0. The van der Waals surface area contributed by atoms with E-state index in [1.807, 2.05) is 31.3 Å². The van der Waals surface area contributed by atoms with Crippen LogP contribution >= 0.6 is 11.6 Å². The summed E-state index contributed by atoms with van der Waals surface area (Å²) in [5.74, 6) is 2.40. The Morgan fingerprint density at radius 2 is 1.93 bits per heavy atom. The van der Waals surface area contributed by atoms with E-state index in [1.54, 1.807) is 6.07 Å². The number of pyridine rings is 1. The number of aryl methyl sites for hydroxylation is 1. The van der Waals surface area contributed by atoms with Crippen molar-refractivity contribution in [1.82, 2.24) is 9.71 Å². The van der Waals surface area contributed by atoms with Crippen LogP contribution in [0.1, 0.15) is 98.2 Å². The first-order valence-electron chi connectivity index (χ1n) is 16.7. The number of aromatic nitrogens is 1. The molecule has 0 radical (unpaired) electrons. The van der Waals surface area contributed by atoms with E-state index in [2.05, 4.69) is 58.9 Å². The van der Waals surface area contributed by atoms with Crippen molar-refractivity contribution in [3.8, 4) is 5.75 Å². The van der Waals surface area contributed by atoms with Crippen LogP contribution in [-0.4, -0.2) is 40.0 Å². The largest absolute Gasteiger partial charge is 0.491 e. The van der Waals surface area contributed by atoms with Crippen LogP contribution in [-0.2, 0) is 17.4 Å². The molecular weight excluding hydrogens is 602 g/mol. The van der Waals surface area contributed by atoms with E-state index in [0.717, 1.165) is 61.7 Å². The lowest BCUT2D eigenvalue weighted by Gasteiger charge is -2.45. The summed E-state index contributed by atoms with van der Waals surface area (Å²) < 4.78 is 22.6. The van der Waals surface area contributed by atoms with E-state index in [1.165, 1.54) is 29.5 Å². The third-order valence-electron chi connectivity index (χ3n) is 10.6. The maximum atomic E-state index is 13.4. The van der Waals surface area contributed by atoms with Gasteiger partial charge >= 0.3 is 0 Å². The van der Waals surface area contributed by atoms with Gasteiger partial charge in [-0.3, -0.25) is 14.5 Å². The second-order valence-electron chi connectivity index (χ2n) is 13.4. The van der Waals surface area contributed by atoms with Gasteiger partial charge in [-0.2, -0.15) is 0 Å². The summed E-state index contributed by atoms with van der Waals surface area (Å²) in [5.41, 5.74) is 5.35. The number of ether oxygens (including phenoxy) is 1. The molecule has 3 heterocycles. The van der Waals surface area contributed by atoms with Gasteiger partial charge in [0.1, 0.15) is 16.7 Å². The Balaban J connectivity index is 1.39. The molecule has 1 aliphatic carbocycles. The zero-order valence-corrected chi connectivity index (χ0v) is 28.3. The number of hydrogen-bond acceptors (Lipinski definition) is 5. The van der Waals surface area contributed by atoms with Crippen molar-refractivity contribution >= 4 is 34.2 Å². The van der Waals surface area contributed by atoms with Gasteiger partial charge in [0.05, 0.1) is 17.5 Å². The Labute approximate surface area is 275 Å². The Kier molecular flexibility index (Phi) is 10.2. The topological polar surface area (TPSA) is 71.5 Å². The van der Waals surface area contributed by atoms with E-state index in [0.29, 0.717) is 29.9 Å². The Bertz CT molecular complexity index is 1520. The zero-order valence-electron chi connectivity index (χ0n) is 26.7. The molecule has 0 saturated heterocycles. The van der Waals surface area contributed by atoms with Gasteiger partial charge in [-0.15, -0.1) is 0 Å². The second kappa shape index (κ2) is 14.3. The molecule has 1 N–H and O–H groups in total. The fraction of sp³-hybridized carbons (Fsp3) is 0.514. The average molecular weight is 648 g/mol. The summed E-state index contributed by atoms with van der Waals surface area (Å²) in [5, 5.41) is 0.619. The highest BCUT2D eigenvalue weighted by molar-refractivity contribution is 7.84. The molecule has 3 aromatic rings. The molecule has 7 atom stereocenters. The van der Waals surface area contributed by atoms with E-state index >= 15 is 0 Å². The standard InChI is InChI=1S/C37H46ClN3O3S/c1-4-7-26-18-31(38)13-15-32(26)30-22-41-21-29-11-14-34(29)33(28-9-6-17-39-20-28)10-5-8-24(2)25(3)45(43)40-37(42)27-12-16-36(44-23-30)35(41)19-27/h6,9,12-13,15-20,24-25,29-30,33-34H,4-5,7-8,10-11,14,21-23H2,1-3H3,(H,40,42). The number of fused-ring (bicyclic) bond motifs is 2. The van der Waals surface area contributed by atoms with Crippen LogP contribution in [0.4, 0.5) is 5.69 Å². The number of rotatable bonds is 4. The lowest BCUT2D eigenvalue weighted by atomic mass is 9.64. The Morgan fingerprint density at radius 3 is 2.69 bits per heavy atom. The Hall–Kier alpha value is -2.90. The first-order valence-corrected chi connectivity index (χ1v) is 18.3. The van der Waals surface area contributed by atoms with Crippen molar-refractivity contribution in [2.45, 2.75) is 82.8 Å². The van der Waals surface area contributed by atoms with Crippen LogP contribution in [0.25, 0.3) is 0 Å². The minimum atomic E-state index is -1.48. The van der Waals surface area contributed by atoms with Gasteiger partial charge in [-0.1, -0.05) is 50.4 Å². The van der Waals surface area contributed by atoms with Gasteiger partial charge in [0.15, 0.2) is 0 Å². The third-order valence-corrected chi connectivity index (χ3v) is 12.3. The highest BCUT2D eigenvalue weighted by atomic mass is 35.5. The van der Waals surface area contributed by atoms with Crippen LogP contribution < -0.4 is 14.4 Å². The first kappa shape index (κ1) is 32.1. The molecule has 1 amide bonds. The number of carbonyl (C=O) groups is 1. The lowest BCUT2D eigenvalue weighted by molar-refractivity contribution is 0.0982. The summed E-state index contributed by atoms with van der Waals surface area (Å²) in [4.78, 5) is 20.4. The summed E-state index contributed by atoms with van der Waals surface area (Å²) in [7, 11) is -1.48. The number of amides is 1. The molecule has 3 aliphatic rings. The van der Waals surface area contributed by atoms with Crippen LogP contribution in [0.2, 0.25) is 5.02 Å². The fourth-order valence-corrected chi connectivity index (χ4v) is 8.90. The Morgan fingerprint density at radius 1 is 1.07 bits per heavy atom. The van der Waals surface area contributed by atoms with Crippen molar-refractivity contribution in [1.29, 1.82) is 0 Å². The molecule has 6 rings (SSSR count).